The van der Waals surface area contributed by atoms with Gasteiger partial charge in [0.05, 0.1) is 10.7 Å². The van der Waals surface area contributed by atoms with Gasteiger partial charge in [-0.05, 0) is 25.5 Å². The number of carbonyl (C=O) groups is 1. The van der Waals surface area contributed by atoms with Crippen molar-refractivity contribution in [2.75, 3.05) is 6.54 Å². The van der Waals surface area contributed by atoms with Crippen LogP contribution in [0.2, 0.25) is 0 Å². The average molecular weight is 343 g/mol. The molecular weight excluding hydrogens is 326 g/mol. The van der Waals surface area contributed by atoms with Crippen LogP contribution in [0.25, 0.3) is 11.3 Å². The number of hydrogen-bond acceptors (Lipinski definition) is 5. The Morgan fingerprint density at radius 2 is 2.12 bits per heavy atom. The lowest BCUT2D eigenvalue weighted by atomic mass is 10.1. The molecule has 1 amide bonds. The summed E-state index contributed by atoms with van der Waals surface area (Å²) in [5, 5.41) is 11.8. The van der Waals surface area contributed by atoms with Crippen LogP contribution in [0, 0.1) is 6.92 Å². The van der Waals surface area contributed by atoms with Crippen LogP contribution < -0.4 is 11.0 Å². The van der Waals surface area contributed by atoms with E-state index in [2.05, 4.69) is 20.5 Å². The van der Waals surface area contributed by atoms with Crippen LogP contribution in [0.5, 0.6) is 0 Å². The Labute approximate surface area is 142 Å². The van der Waals surface area contributed by atoms with E-state index in [0.29, 0.717) is 25.1 Å². The first kappa shape index (κ1) is 16.1. The predicted octanol–water partition coefficient (Wildman–Crippen LogP) is 1.82. The number of rotatable bonds is 6. The highest BCUT2D eigenvalue weighted by molar-refractivity contribution is 7.09. The SMILES string of the molecule is Cc1nc(-c2ccc(C(=O)NCCCn3cn[nH]c3=O)cc2)cs1. The van der Waals surface area contributed by atoms with Gasteiger partial charge in [0.15, 0.2) is 0 Å². The van der Waals surface area contributed by atoms with Crippen molar-refractivity contribution >= 4 is 17.2 Å². The van der Waals surface area contributed by atoms with E-state index in [1.807, 2.05) is 24.4 Å². The number of aryl methyl sites for hydroxylation is 2. The van der Waals surface area contributed by atoms with Crippen molar-refractivity contribution in [3.05, 3.63) is 57.0 Å². The number of nitrogens with zero attached hydrogens (tertiary/aromatic N) is 3. The van der Waals surface area contributed by atoms with Gasteiger partial charge in [-0.15, -0.1) is 11.3 Å². The van der Waals surface area contributed by atoms with Gasteiger partial charge in [0, 0.05) is 29.6 Å². The maximum Gasteiger partial charge on any atom is 0.343 e. The molecule has 0 aliphatic rings. The highest BCUT2D eigenvalue weighted by Gasteiger charge is 2.07. The maximum atomic E-state index is 12.1. The molecule has 24 heavy (non-hydrogen) atoms. The van der Waals surface area contributed by atoms with E-state index in [0.717, 1.165) is 16.3 Å². The Hall–Kier alpha value is -2.74. The van der Waals surface area contributed by atoms with Crippen molar-refractivity contribution in [2.24, 2.45) is 0 Å². The van der Waals surface area contributed by atoms with E-state index in [9.17, 15) is 9.59 Å². The Balaban J connectivity index is 1.51. The number of nitrogens with one attached hydrogen (secondary N) is 2. The summed E-state index contributed by atoms with van der Waals surface area (Å²) in [7, 11) is 0. The highest BCUT2D eigenvalue weighted by atomic mass is 32.1. The summed E-state index contributed by atoms with van der Waals surface area (Å²) in [6.07, 6.45) is 2.10. The van der Waals surface area contributed by atoms with E-state index >= 15 is 0 Å². The molecule has 7 nitrogen and oxygen atoms in total. The smallest absolute Gasteiger partial charge is 0.343 e. The van der Waals surface area contributed by atoms with Crippen LogP contribution in [0.15, 0.2) is 40.8 Å². The molecule has 0 spiro atoms. The molecule has 0 saturated carbocycles. The molecular formula is C16H17N5O2S. The summed E-state index contributed by atoms with van der Waals surface area (Å²) in [5.74, 6) is -0.129. The van der Waals surface area contributed by atoms with Crippen LogP contribution >= 0.6 is 11.3 Å². The van der Waals surface area contributed by atoms with Gasteiger partial charge >= 0.3 is 5.69 Å². The van der Waals surface area contributed by atoms with Gasteiger partial charge in [0.2, 0.25) is 0 Å². The van der Waals surface area contributed by atoms with Crippen molar-refractivity contribution in [2.45, 2.75) is 19.9 Å². The molecule has 8 heteroatoms. The minimum absolute atomic E-state index is 0.129. The Kier molecular flexibility index (Phi) is 4.85. The standard InChI is InChI=1S/C16H17N5O2S/c1-11-19-14(9-24-11)12-3-5-13(6-4-12)15(22)17-7-2-8-21-10-18-20-16(21)23/h3-6,9-10H,2,7-8H2,1H3,(H,17,22)(H,20,23). The molecule has 0 bridgehead atoms. The average Bonchev–Trinajstić information content (AvgIpc) is 3.20. The van der Waals surface area contributed by atoms with E-state index in [4.69, 9.17) is 0 Å². The third-order valence-corrected chi connectivity index (χ3v) is 4.31. The lowest BCUT2D eigenvalue weighted by molar-refractivity contribution is 0.0952. The second kappa shape index (κ2) is 7.22. The second-order valence-corrected chi connectivity index (χ2v) is 6.36. The summed E-state index contributed by atoms with van der Waals surface area (Å²) in [4.78, 5) is 27.8. The van der Waals surface area contributed by atoms with Gasteiger partial charge in [-0.2, -0.15) is 5.10 Å². The molecule has 2 heterocycles. The molecule has 1 aromatic carbocycles. The summed E-state index contributed by atoms with van der Waals surface area (Å²) in [6, 6.07) is 7.38. The Morgan fingerprint density at radius 3 is 2.75 bits per heavy atom. The normalized spacial score (nSPS) is 10.7. The molecule has 0 atom stereocenters. The van der Waals surface area contributed by atoms with Crippen LogP contribution in [0.4, 0.5) is 0 Å². The third-order valence-electron chi connectivity index (χ3n) is 3.54. The number of thiazole rings is 1. The van der Waals surface area contributed by atoms with Crippen molar-refractivity contribution < 1.29 is 4.79 Å². The Bertz CT molecular complexity index is 878. The molecule has 0 aliphatic carbocycles. The number of aromatic nitrogens is 4. The second-order valence-electron chi connectivity index (χ2n) is 5.29. The number of aromatic amines is 1. The van der Waals surface area contributed by atoms with E-state index in [1.165, 1.54) is 10.9 Å². The number of carbonyl (C=O) groups excluding carboxylic acids is 1. The maximum absolute atomic E-state index is 12.1. The first-order valence-corrected chi connectivity index (χ1v) is 8.42. The predicted molar refractivity (Wildman–Crippen MR) is 92.1 cm³/mol. The zero-order valence-corrected chi connectivity index (χ0v) is 14.0. The number of hydrogen-bond donors (Lipinski definition) is 2. The fourth-order valence-electron chi connectivity index (χ4n) is 2.27. The van der Waals surface area contributed by atoms with Crippen LogP contribution in [-0.4, -0.2) is 32.2 Å². The van der Waals surface area contributed by atoms with Gasteiger partial charge in [-0.1, -0.05) is 12.1 Å². The van der Waals surface area contributed by atoms with E-state index in [-0.39, 0.29) is 11.6 Å². The van der Waals surface area contributed by atoms with Crippen molar-refractivity contribution in [3.8, 4) is 11.3 Å². The van der Waals surface area contributed by atoms with Gasteiger partial charge in [-0.3, -0.25) is 9.36 Å². The molecule has 0 radical (unpaired) electrons. The first-order valence-electron chi connectivity index (χ1n) is 7.54. The minimum Gasteiger partial charge on any atom is -0.352 e. The van der Waals surface area contributed by atoms with Gasteiger partial charge in [0.25, 0.3) is 5.91 Å². The summed E-state index contributed by atoms with van der Waals surface area (Å²) in [5.41, 5.74) is 2.28. The molecule has 2 N–H and O–H groups in total. The lowest BCUT2D eigenvalue weighted by Crippen LogP contribution is -2.26. The van der Waals surface area contributed by atoms with Crippen molar-refractivity contribution in [1.82, 2.24) is 25.1 Å². The fraction of sp³-hybridized carbons (Fsp3) is 0.250. The molecule has 2 aromatic heterocycles. The Morgan fingerprint density at radius 1 is 1.33 bits per heavy atom. The third kappa shape index (κ3) is 3.77. The first-order chi connectivity index (χ1) is 11.6. The largest absolute Gasteiger partial charge is 0.352 e. The van der Waals surface area contributed by atoms with Crippen LogP contribution in [-0.2, 0) is 6.54 Å². The molecule has 124 valence electrons. The molecule has 0 unspecified atom stereocenters. The molecule has 0 fully saturated rings. The molecule has 0 aliphatic heterocycles. The zero-order chi connectivity index (χ0) is 16.9. The van der Waals surface area contributed by atoms with Crippen molar-refractivity contribution in [1.29, 1.82) is 0 Å². The van der Waals surface area contributed by atoms with Gasteiger partial charge < -0.3 is 5.32 Å². The molecule has 0 saturated heterocycles. The quantitative estimate of drug-likeness (QED) is 0.668. The van der Waals surface area contributed by atoms with Crippen LogP contribution in [0.1, 0.15) is 21.8 Å². The van der Waals surface area contributed by atoms with Gasteiger partial charge in [0.1, 0.15) is 6.33 Å². The fourth-order valence-corrected chi connectivity index (χ4v) is 2.89. The monoisotopic (exact) mass is 343 g/mol. The van der Waals surface area contributed by atoms with Crippen LogP contribution in [0.3, 0.4) is 0 Å². The van der Waals surface area contributed by atoms with Crippen molar-refractivity contribution in [3.63, 3.8) is 0 Å². The minimum atomic E-state index is -0.241. The zero-order valence-electron chi connectivity index (χ0n) is 13.2. The highest BCUT2D eigenvalue weighted by Crippen LogP contribution is 2.21. The number of H-pyrrole nitrogens is 1. The topological polar surface area (TPSA) is 92.7 Å². The van der Waals surface area contributed by atoms with Gasteiger partial charge in [-0.25, -0.2) is 14.9 Å². The van der Waals surface area contributed by atoms with E-state index < -0.39 is 0 Å². The molecule has 3 rings (SSSR count). The lowest BCUT2D eigenvalue weighted by Gasteiger charge is -2.06. The summed E-state index contributed by atoms with van der Waals surface area (Å²) < 4.78 is 1.47. The number of benzene rings is 1. The number of amides is 1. The summed E-state index contributed by atoms with van der Waals surface area (Å²) >= 11 is 1.60. The summed E-state index contributed by atoms with van der Waals surface area (Å²) in [6.45, 7) is 2.97. The molecule has 3 aromatic rings. The van der Waals surface area contributed by atoms with E-state index in [1.54, 1.807) is 23.5 Å².